The Kier molecular flexibility index (Phi) is 11.0. The van der Waals surface area contributed by atoms with E-state index in [-0.39, 0.29) is 33.0 Å². The van der Waals surface area contributed by atoms with Gasteiger partial charge in [0.15, 0.2) is 0 Å². The number of amides is 1. The summed E-state index contributed by atoms with van der Waals surface area (Å²) in [6, 6.07) is 10.7. The van der Waals surface area contributed by atoms with Crippen molar-refractivity contribution in [3.63, 3.8) is 0 Å². The summed E-state index contributed by atoms with van der Waals surface area (Å²) < 4.78 is 26.3. The highest BCUT2D eigenvalue weighted by Gasteiger charge is 2.07. The fraction of sp³-hybridized carbons (Fsp3) is 0.391. The Morgan fingerprint density at radius 2 is 1.75 bits per heavy atom. The number of aliphatic hydroxyl groups is 1. The number of aliphatic hydroxyl groups excluding tert-OH is 1. The first kappa shape index (κ1) is 25.1. The lowest BCUT2D eigenvalue weighted by molar-refractivity contribution is -0.140. The van der Waals surface area contributed by atoms with Crippen molar-refractivity contribution in [2.45, 2.75) is 6.92 Å². The van der Waals surface area contributed by atoms with Crippen molar-refractivity contribution in [2.75, 3.05) is 52.8 Å². The van der Waals surface area contributed by atoms with Crippen LogP contribution in [0.3, 0.4) is 0 Å². The van der Waals surface area contributed by atoms with Crippen molar-refractivity contribution in [1.29, 1.82) is 0 Å². The quantitative estimate of drug-likeness (QED) is 0.258. The molecule has 0 atom stereocenters. The molecule has 0 saturated carbocycles. The van der Waals surface area contributed by atoms with Crippen LogP contribution in [0.4, 0.5) is 4.79 Å². The Morgan fingerprint density at radius 1 is 1.00 bits per heavy atom. The molecule has 1 amide bonds. The average molecular weight is 447 g/mol. The maximum absolute atomic E-state index is 12.0. The topological polar surface area (TPSA) is 113 Å². The fourth-order valence-corrected chi connectivity index (χ4v) is 2.58. The summed E-state index contributed by atoms with van der Waals surface area (Å²) in [5.74, 6) is 0.612. The molecule has 0 saturated heterocycles. The molecule has 0 radical (unpaired) electrons. The number of hydrogen-bond donors (Lipinski definition) is 2. The maximum atomic E-state index is 12.0. The molecule has 174 valence electrons. The summed E-state index contributed by atoms with van der Waals surface area (Å²) in [6.45, 7) is 6.90. The third-order valence-electron chi connectivity index (χ3n) is 4.07. The predicted octanol–water partition coefficient (Wildman–Crippen LogP) is 2.45. The normalized spacial score (nSPS) is 10.6. The van der Waals surface area contributed by atoms with Crippen LogP contribution in [0, 0.1) is 0 Å². The van der Waals surface area contributed by atoms with E-state index in [4.69, 9.17) is 28.8 Å². The van der Waals surface area contributed by atoms with Crippen LogP contribution < -0.4 is 14.8 Å². The molecule has 0 aromatic heterocycles. The Morgan fingerprint density at radius 3 is 2.50 bits per heavy atom. The van der Waals surface area contributed by atoms with E-state index in [1.807, 2.05) is 18.2 Å². The zero-order valence-corrected chi connectivity index (χ0v) is 18.1. The number of fused-ring (bicyclic) bond motifs is 1. The Balaban J connectivity index is 1.60. The van der Waals surface area contributed by atoms with Gasteiger partial charge in [-0.3, -0.25) is 0 Å². The minimum absolute atomic E-state index is 0.0680. The van der Waals surface area contributed by atoms with Gasteiger partial charge in [0.1, 0.15) is 24.7 Å². The Labute approximate surface area is 186 Å². The van der Waals surface area contributed by atoms with Gasteiger partial charge in [0.05, 0.1) is 33.0 Å². The SMILES string of the molecule is C=C(C)C(=O)OCCOCCOCCNC(=O)Oc1ccc2c(OCCO)cccc2c1. The van der Waals surface area contributed by atoms with Crippen molar-refractivity contribution in [2.24, 2.45) is 0 Å². The predicted molar refractivity (Wildman–Crippen MR) is 118 cm³/mol. The lowest BCUT2D eigenvalue weighted by Gasteiger charge is -2.10. The van der Waals surface area contributed by atoms with Crippen LogP contribution in [0.25, 0.3) is 10.8 Å². The van der Waals surface area contributed by atoms with E-state index in [1.54, 1.807) is 25.1 Å². The average Bonchev–Trinajstić information content (AvgIpc) is 2.78. The number of benzene rings is 2. The molecule has 32 heavy (non-hydrogen) atoms. The second-order valence-electron chi connectivity index (χ2n) is 6.67. The molecule has 0 heterocycles. The van der Waals surface area contributed by atoms with Gasteiger partial charge in [-0.1, -0.05) is 18.7 Å². The highest BCUT2D eigenvalue weighted by molar-refractivity contribution is 5.90. The molecule has 2 N–H and O–H groups in total. The minimum Gasteiger partial charge on any atom is -0.491 e. The third-order valence-corrected chi connectivity index (χ3v) is 4.07. The van der Waals surface area contributed by atoms with Crippen molar-refractivity contribution in [3.8, 4) is 11.5 Å². The highest BCUT2D eigenvalue weighted by atomic mass is 16.6. The van der Waals surface area contributed by atoms with E-state index >= 15 is 0 Å². The molecule has 0 unspecified atom stereocenters. The number of rotatable bonds is 14. The van der Waals surface area contributed by atoms with E-state index in [0.717, 1.165) is 10.8 Å². The van der Waals surface area contributed by atoms with Crippen LogP contribution in [-0.4, -0.2) is 70.0 Å². The first-order valence-corrected chi connectivity index (χ1v) is 10.2. The van der Waals surface area contributed by atoms with Gasteiger partial charge >= 0.3 is 12.1 Å². The standard InChI is InChI=1S/C23H29NO8/c1-17(2)22(26)31-15-14-29-13-12-28-10-8-24-23(27)32-19-6-7-20-18(16-19)4-3-5-21(20)30-11-9-25/h3-7,16,25H,1,8-15H2,2H3,(H,24,27). The van der Waals surface area contributed by atoms with E-state index < -0.39 is 12.1 Å². The van der Waals surface area contributed by atoms with Gasteiger partial charge in [0.25, 0.3) is 0 Å². The first-order valence-electron chi connectivity index (χ1n) is 10.2. The van der Waals surface area contributed by atoms with Gasteiger partial charge in [-0.25, -0.2) is 9.59 Å². The van der Waals surface area contributed by atoms with E-state index in [0.29, 0.717) is 36.9 Å². The van der Waals surface area contributed by atoms with Crippen LogP contribution in [0.15, 0.2) is 48.6 Å². The van der Waals surface area contributed by atoms with Crippen molar-refractivity contribution in [3.05, 3.63) is 48.6 Å². The first-order chi connectivity index (χ1) is 15.5. The molecule has 2 rings (SSSR count). The fourth-order valence-electron chi connectivity index (χ4n) is 2.58. The van der Waals surface area contributed by atoms with Crippen LogP contribution >= 0.6 is 0 Å². The molecule has 0 aliphatic carbocycles. The van der Waals surface area contributed by atoms with Gasteiger partial charge in [-0.2, -0.15) is 0 Å². The lowest BCUT2D eigenvalue weighted by atomic mass is 10.1. The van der Waals surface area contributed by atoms with Crippen molar-refractivity contribution < 1.29 is 38.4 Å². The van der Waals surface area contributed by atoms with E-state index in [9.17, 15) is 9.59 Å². The summed E-state index contributed by atoms with van der Waals surface area (Å²) >= 11 is 0. The second-order valence-corrected chi connectivity index (χ2v) is 6.67. The van der Waals surface area contributed by atoms with Crippen LogP contribution in [0.1, 0.15) is 6.92 Å². The van der Waals surface area contributed by atoms with E-state index in [1.165, 1.54) is 0 Å². The molecule has 0 spiro atoms. The van der Waals surface area contributed by atoms with E-state index in [2.05, 4.69) is 11.9 Å². The molecule has 0 aliphatic heterocycles. The third kappa shape index (κ3) is 8.93. The number of nitrogens with one attached hydrogen (secondary N) is 1. The number of esters is 1. The van der Waals surface area contributed by atoms with Crippen molar-refractivity contribution >= 4 is 22.8 Å². The molecule has 0 bridgehead atoms. The summed E-state index contributed by atoms with van der Waals surface area (Å²) in [4.78, 5) is 23.1. The van der Waals surface area contributed by atoms with Crippen molar-refractivity contribution in [1.82, 2.24) is 5.32 Å². The second kappa shape index (κ2) is 14.0. The van der Waals surface area contributed by atoms with Gasteiger partial charge in [0.2, 0.25) is 0 Å². The number of carbonyl (C=O) groups excluding carboxylic acids is 2. The van der Waals surface area contributed by atoms with Crippen LogP contribution in [0.2, 0.25) is 0 Å². The summed E-state index contributed by atoms with van der Waals surface area (Å²) in [5.41, 5.74) is 0.345. The Hall–Kier alpha value is -3.14. The Bertz CT molecular complexity index is 899. The minimum atomic E-state index is -0.587. The van der Waals surface area contributed by atoms with Gasteiger partial charge < -0.3 is 34.1 Å². The number of carbonyl (C=O) groups is 2. The highest BCUT2D eigenvalue weighted by Crippen LogP contribution is 2.28. The van der Waals surface area contributed by atoms with Gasteiger partial charge in [-0.05, 0) is 36.6 Å². The number of ether oxygens (including phenoxy) is 5. The summed E-state index contributed by atoms with van der Waals surface area (Å²) in [6.07, 6.45) is -0.587. The van der Waals surface area contributed by atoms with Gasteiger partial charge in [0, 0.05) is 17.5 Å². The van der Waals surface area contributed by atoms with Crippen LogP contribution in [-0.2, 0) is 19.0 Å². The lowest BCUT2D eigenvalue weighted by Crippen LogP contribution is -2.30. The maximum Gasteiger partial charge on any atom is 0.412 e. The van der Waals surface area contributed by atoms with Crippen LogP contribution in [0.5, 0.6) is 11.5 Å². The molecule has 0 aliphatic rings. The summed E-state index contributed by atoms with van der Waals surface area (Å²) in [7, 11) is 0. The zero-order chi connectivity index (χ0) is 23.2. The smallest absolute Gasteiger partial charge is 0.412 e. The monoisotopic (exact) mass is 447 g/mol. The molecular formula is C23H29NO8. The largest absolute Gasteiger partial charge is 0.491 e. The zero-order valence-electron chi connectivity index (χ0n) is 18.1. The number of hydrogen-bond acceptors (Lipinski definition) is 8. The molecule has 2 aromatic rings. The molecule has 0 fully saturated rings. The summed E-state index contributed by atoms with van der Waals surface area (Å²) in [5, 5.41) is 13.2. The molecular weight excluding hydrogens is 418 g/mol. The molecule has 9 nitrogen and oxygen atoms in total. The molecule has 2 aromatic carbocycles. The molecule has 9 heteroatoms. The van der Waals surface area contributed by atoms with Gasteiger partial charge in [-0.15, -0.1) is 0 Å².